The van der Waals surface area contributed by atoms with E-state index in [9.17, 15) is 4.79 Å². The van der Waals surface area contributed by atoms with Gasteiger partial charge in [-0.15, -0.1) is 0 Å². The molecule has 1 aromatic carbocycles. The lowest BCUT2D eigenvalue weighted by molar-refractivity contribution is 0.276. The van der Waals surface area contributed by atoms with E-state index in [2.05, 4.69) is 68.7 Å². The Bertz CT molecular complexity index is 647. The molecule has 0 spiro atoms. The second-order valence-corrected chi connectivity index (χ2v) is 6.46. The normalized spacial score (nSPS) is 11.4. The number of hydrogen-bond acceptors (Lipinski definition) is 2. The summed E-state index contributed by atoms with van der Waals surface area (Å²) in [5.74, 6) is 0. The molecule has 1 heterocycles. The number of benzene rings is 1. The van der Waals surface area contributed by atoms with Crippen LogP contribution in [-0.4, -0.2) is 21.3 Å². The fourth-order valence-electron chi connectivity index (χ4n) is 1.58. The van der Waals surface area contributed by atoms with Crippen molar-refractivity contribution in [1.82, 2.24) is 9.55 Å². The lowest BCUT2D eigenvalue weighted by Crippen LogP contribution is -2.18. The van der Waals surface area contributed by atoms with Crippen molar-refractivity contribution in [2.75, 3.05) is 6.61 Å². The Morgan fingerprint density at radius 3 is 2.24 bits per heavy atom. The summed E-state index contributed by atoms with van der Waals surface area (Å²) in [7, 11) is 0. The molecule has 1 aromatic heterocycles. The molecule has 0 amide bonds. The third-order valence-corrected chi connectivity index (χ3v) is 7.06. The standard InChI is InChI=1S/C9H6Br4N2O2/c10-3-4(11)6(13)8-7(5(3)12)14-9(17)15(8)1-2-16/h16H,1-2H2,(H,14,17). The summed E-state index contributed by atoms with van der Waals surface area (Å²) in [4.78, 5) is 14.5. The molecule has 8 heteroatoms. The van der Waals surface area contributed by atoms with Crippen LogP contribution in [0.5, 0.6) is 0 Å². The number of aliphatic hydroxyl groups excluding tert-OH is 1. The third-order valence-electron chi connectivity index (χ3n) is 2.31. The summed E-state index contributed by atoms with van der Waals surface area (Å²) in [6, 6.07) is 0. The molecule has 0 fully saturated rings. The van der Waals surface area contributed by atoms with E-state index in [1.807, 2.05) is 0 Å². The minimum Gasteiger partial charge on any atom is -0.395 e. The Balaban J connectivity index is 2.96. The highest BCUT2D eigenvalue weighted by Gasteiger charge is 2.18. The number of hydrogen-bond donors (Lipinski definition) is 2. The van der Waals surface area contributed by atoms with Crippen LogP contribution in [0.3, 0.4) is 0 Å². The summed E-state index contributed by atoms with van der Waals surface area (Å²) in [6.07, 6.45) is 0. The molecule has 17 heavy (non-hydrogen) atoms. The number of aliphatic hydroxyl groups is 1. The lowest BCUT2D eigenvalue weighted by atomic mass is 10.3. The van der Waals surface area contributed by atoms with Crippen molar-refractivity contribution in [1.29, 1.82) is 0 Å². The first kappa shape index (κ1) is 13.8. The maximum Gasteiger partial charge on any atom is 0.326 e. The molecule has 0 atom stereocenters. The Morgan fingerprint density at radius 1 is 1.06 bits per heavy atom. The molecule has 0 aliphatic rings. The van der Waals surface area contributed by atoms with Crippen molar-refractivity contribution in [3.05, 3.63) is 28.4 Å². The summed E-state index contributed by atoms with van der Waals surface area (Å²) in [6.45, 7) is 0.155. The summed E-state index contributed by atoms with van der Waals surface area (Å²) < 4.78 is 4.63. The van der Waals surface area contributed by atoms with E-state index >= 15 is 0 Å². The van der Waals surface area contributed by atoms with Crippen molar-refractivity contribution in [2.24, 2.45) is 0 Å². The quantitative estimate of drug-likeness (QED) is 0.498. The molecule has 0 aliphatic heterocycles. The van der Waals surface area contributed by atoms with Gasteiger partial charge in [0.2, 0.25) is 0 Å². The minimum atomic E-state index is -0.250. The van der Waals surface area contributed by atoms with E-state index in [4.69, 9.17) is 5.11 Å². The van der Waals surface area contributed by atoms with E-state index in [0.29, 0.717) is 11.0 Å². The number of aromatic nitrogens is 2. The van der Waals surface area contributed by atoms with Gasteiger partial charge in [-0.25, -0.2) is 4.79 Å². The SMILES string of the molecule is O=c1[nH]c2c(Br)c(Br)c(Br)c(Br)c2n1CCO. The zero-order valence-corrected chi connectivity index (χ0v) is 14.6. The van der Waals surface area contributed by atoms with Gasteiger partial charge in [-0.3, -0.25) is 4.57 Å². The highest BCUT2D eigenvalue weighted by molar-refractivity contribution is 9.15. The first-order valence-corrected chi connectivity index (χ1v) is 7.71. The Labute approximate surface area is 130 Å². The Hall–Kier alpha value is 0.370. The van der Waals surface area contributed by atoms with Gasteiger partial charge in [-0.2, -0.15) is 0 Å². The van der Waals surface area contributed by atoms with Crippen LogP contribution in [0.1, 0.15) is 0 Å². The maximum atomic E-state index is 11.8. The fourth-order valence-corrected chi connectivity index (χ4v) is 3.99. The highest BCUT2D eigenvalue weighted by Crippen LogP contribution is 2.42. The van der Waals surface area contributed by atoms with Crippen molar-refractivity contribution in [3.63, 3.8) is 0 Å². The van der Waals surface area contributed by atoms with Crippen molar-refractivity contribution < 1.29 is 5.11 Å². The van der Waals surface area contributed by atoms with Crippen LogP contribution in [0.25, 0.3) is 11.0 Å². The van der Waals surface area contributed by atoms with Crippen LogP contribution < -0.4 is 5.69 Å². The topological polar surface area (TPSA) is 58.0 Å². The van der Waals surface area contributed by atoms with Crippen molar-refractivity contribution in [3.8, 4) is 0 Å². The number of nitrogens with zero attached hydrogens (tertiary/aromatic N) is 1. The first-order valence-electron chi connectivity index (χ1n) is 4.54. The van der Waals surface area contributed by atoms with Crippen LogP contribution in [0, 0.1) is 0 Å². The van der Waals surface area contributed by atoms with E-state index in [-0.39, 0.29) is 18.8 Å². The Kier molecular flexibility index (Phi) is 4.19. The molecule has 0 radical (unpaired) electrons. The van der Waals surface area contributed by atoms with Crippen LogP contribution in [-0.2, 0) is 6.54 Å². The monoisotopic (exact) mass is 490 g/mol. The molecule has 2 N–H and O–H groups in total. The molecular weight excluding hydrogens is 488 g/mol. The first-order chi connectivity index (χ1) is 7.99. The molecule has 0 bridgehead atoms. The van der Waals surface area contributed by atoms with Crippen LogP contribution in [0.15, 0.2) is 22.7 Å². The average Bonchev–Trinajstić information content (AvgIpc) is 2.62. The molecule has 0 aliphatic carbocycles. The lowest BCUT2D eigenvalue weighted by Gasteiger charge is -2.07. The Morgan fingerprint density at radius 2 is 1.65 bits per heavy atom. The van der Waals surface area contributed by atoms with Gasteiger partial charge in [0.1, 0.15) is 0 Å². The van der Waals surface area contributed by atoms with Crippen molar-refractivity contribution >= 4 is 74.8 Å². The fraction of sp³-hybridized carbons (Fsp3) is 0.222. The molecule has 2 aromatic rings. The van der Waals surface area contributed by atoms with E-state index in [1.165, 1.54) is 4.57 Å². The average molecular weight is 494 g/mol. The predicted octanol–water partition coefficient (Wildman–Crippen LogP) is 3.37. The van der Waals surface area contributed by atoms with E-state index in [0.717, 1.165) is 17.9 Å². The number of fused-ring (bicyclic) bond motifs is 1. The number of nitrogens with one attached hydrogen (secondary N) is 1. The molecule has 4 nitrogen and oxygen atoms in total. The number of rotatable bonds is 2. The number of imidazole rings is 1. The molecule has 0 unspecified atom stereocenters. The van der Waals surface area contributed by atoms with Gasteiger partial charge in [0.25, 0.3) is 0 Å². The predicted molar refractivity (Wildman–Crippen MR) is 80.4 cm³/mol. The van der Waals surface area contributed by atoms with Gasteiger partial charge in [-0.05, 0) is 63.7 Å². The van der Waals surface area contributed by atoms with Crippen LogP contribution in [0.4, 0.5) is 0 Å². The zero-order chi connectivity index (χ0) is 12.7. The van der Waals surface area contributed by atoms with Gasteiger partial charge in [0.15, 0.2) is 0 Å². The summed E-state index contributed by atoms with van der Waals surface area (Å²) in [5.41, 5.74) is 1.15. The van der Waals surface area contributed by atoms with Gasteiger partial charge < -0.3 is 10.1 Å². The molecule has 0 saturated heterocycles. The molecule has 92 valence electrons. The van der Waals surface area contributed by atoms with Gasteiger partial charge in [0.05, 0.1) is 33.1 Å². The largest absolute Gasteiger partial charge is 0.395 e. The van der Waals surface area contributed by atoms with Gasteiger partial charge in [-0.1, -0.05) is 0 Å². The van der Waals surface area contributed by atoms with Crippen LogP contribution >= 0.6 is 63.7 Å². The molecular formula is C9H6Br4N2O2. The second-order valence-electron chi connectivity index (χ2n) is 3.28. The van der Waals surface area contributed by atoms with Crippen molar-refractivity contribution in [2.45, 2.75) is 6.54 Å². The van der Waals surface area contributed by atoms with E-state index in [1.54, 1.807) is 0 Å². The summed E-state index contributed by atoms with van der Waals surface area (Å²) in [5, 5.41) is 8.98. The van der Waals surface area contributed by atoms with Gasteiger partial charge in [0, 0.05) is 8.95 Å². The van der Waals surface area contributed by atoms with Gasteiger partial charge >= 0.3 is 5.69 Å². The number of halogens is 4. The molecule has 2 rings (SSSR count). The zero-order valence-electron chi connectivity index (χ0n) is 8.23. The number of H-pyrrole nitrogens is 1. The third kappa shape index (κ3) is 2.18. The maximum absolute atomic E-state index is 11.8. The summed E-state index contributed by atoms with van der Waals surface area (Å²) >= 11 is 13.7. The number of aromatic amines is 1. The smallest absolute Gasteiger partial charge is 0.326 e. The second kappa shape index (κ2) is 5.16. The molecule has 0 saturated carbocycles. The van der Waals surface area contributed by atoms with E-state index < -0.39 is 0 Å². The minimum absolute atomic E-state index is 0.0927. The highest BCUT2D eigenvalue weighted by atomic mass is 79.9. The van der Waals surface area contributed by atoms with Crippen LogP contribution in [0.2, 0.25) is 0 Å².